The number of rotatable bonds is 9. The second-order valence-corrected chi connectivity index (χ2v) is 8.35. The topological polar surface area (TPSA) is 79.8 Å². The van der Waals surface area contributed by atoms with E-state index >= 15 is 0 Å². The Balaban J connectivity index is 0.00000729. The number of aliphatic imine (C=N–C) groups is 1. The molecule has 0 aliphatic heterocycles. The van der Waals surface area contributed by atoms with Crippen molar-refractivity contribution in [2.45, 2.75) is 32.5 Å². The van der Waals surface area contributed by atoms with Crippen LogP contribution in [-0.4, -0.2) is 52.1 Å². The van der Waals surface area contributed by atoms with Crippen LogP contribution in [-0.2, 0) is 16.0 Å². The van der Waals surface area contributed by atoms with Gasteiger partial charge >= 0.3 is 6.18 Å². The molecule has 11 heteroatoms. The number of hydrogen-bond acceptors (Lipinski definition) is 4. The lowest BCUT2D eigenvalue weighted by Crippen LogP contribution is -2.43. The van der Waals surface area contributed by atoms with E-state index in [2.05, 4.69) is 15.6 Å². The van der Waals surface area contributed by atoms with E-state index in [-0.39, 0.29) is 48.9 Å². The van der Waals surface area contributed by atoms with Crippen LogP contribution in [0.5, 0.6) is 5.75 Å². The molecule has 28 heavy (non-hydrogen) atoms. The van der Waals surface area contributed by atoms with E-state index in [1.807, 2.05) is 13.8 Å². The molecule has 1 aromatic rings. The molecule has 0 saturated carbocycles. The van der Waals surface area contributed by atoms with Gasteiger partial charge in [-0.05, 0) is 44.5 Å². The average Bonchev–Trinajstić information content (AvgIpc) is 2.56. The maximum absolute atomic E-state index is 12.5. The molecular formula is C17H27F3IN3O3S. The first-order chi connectivity index (χ1) is 12.5. The minimum Gasteiger partial charge on any atom is -0.492 e. The summed E-state index contributed by atoms with van der Waals surface area (Å²) in [5.74, 6) is 0.935. The Morgan fingerprint density at radius 3 is 2.36 bits per heavy atom. The molecule has 0 heterocycles. The van der Waals surface area contributed by atoms with Gasteiger partial charge in [0, 0.05) is 18.8 Å². The minimum absolute atomic E-state index is 0. The summed E-state index contributed by atoms with van der Waals surface area (Å²) in [6.45, 7) is 4.87. The Hall–Kier alpha value is -1.24. The molecule has 0 amide bonds. The normalized spacial score (nSPS) is 13.4. The van der Waals surface area contributed by atoms with Crippen molar-refractivity contribution in [3.8, 4) is 5.75 Å². The Morgan fingerprint density at radius 1 is 1.25 bits per heavy atom. The van der Waals surface area contributed by atoms with Gasteiger partial charge in [-0.15, -0.1) is 24.0 Å². The number of benzene rings is 1. The summed E-state index contributed by atoms with van der Waals surface area (Å²) in [4.78, 5) is 4.31. The van der Waals surface area contributed by atoms with Gasteiger partial charge in [-0.25, -0.2) is 13.4 Å². The summed E-state index contributed by atoms with van der Waals surface area (Å²) in [6, 6.07) is 4.38. The van der Waals surface area contributed by atoms with Crippen molar-refractivity contribution in [1.29, 1.82) is 0 Å². The monoisotopic (exact) mass is 537 g/mol. The molecule has 1 aromatic carbocycles. The highest BCUT2D eigenvalue weighted by Crippen LogP contribution is 2.30. The van der Waals surface area contributed by atoms with Crippen molar-refractivity contribution >= 4 is 39.8 Å². The highest BCUT2D eigenvalue weighted by molar-refractivity contribution is 14.0. The van der Waals surface area contributed by atoms with Crippen LogP contribution in [0.1, 0.15) is 25.8 Å². The van der Waals surface area contributed by atoms with Gasteiger partial charge in [0.2, 0.25) is 0 Å². The summed E-state index contributed by atoms with van der Waals surface area (Å²) in [7, 11) is -3.02. The molecule has 0 aliphatic rings. The summed E-state index contributed by atoms with van der Waals surface area (Å²) < 4.78 is 65.3. The van der Waals surface area contributed by atoms with Gasteiger partial charge in [-0.2, -0.15) is 13.2 Å². The Bertz CT molecular complexity index is 711. The number of nitrogens with one attached hydrogen (secondary N) is 2. The molecule has 162 valence electrons. The molecule has 1 rings (SSSR count). The zero-order chi connectivity index (χ0) is 20.5. The smallest absolute Gasteiger partial charge is 0.416 e. The maximum Gasteiger partial charge on any atom is 0.416 e. The number of ether oxygens (including phenoxy) is 1. The number of alkyl halides is 3. The molecular weight excluding hydrogens is 510 g/mol. The standard InChI is InChI=1S/C17H26F3N3O3S.HI/c1-4-21-16(23-13(2)9-12-27(3,24)25)22-10-11-26-15-7-5-14(6-8-15)17(18,19)20;/h5-8,13H,4,9-12H2,1-3H3,(H2,21,22,23);1H. The van der Waals surface area contributed by atoms with Crippen LogP contribution in [0.4, 0.5) is 13.2 Å². The highest BCUT2D eigenvalue weighted by Gasteiger charge is 2.29. The van der Waals surface area contributed by atoms with Crippen molar-refractivity contribution in [2.75, 3.05) is 31.7 Å². The van der Waals surface area contributed by atoms with Gasteiger partial charge in [0.25, 0.3) is 0 Å². The molecule has 0 fully saturated rings. The first-order valence-electron chi connectivity index (χ1n) is 8.54. The zero-order valence-electron chi connectivity index (χ0n) is 16.0. The van der Waals surface area contributed by atoms with E-state index in [0.29, 0.717) is 24.7 Å². The first kappa shape index (κ1) is 26.8. The minimum atomic E-state index is -4.37. The molecule has 0 spiro atoms. The molecule has 1 unspecified atom stereocenters. The summed E-state index contributed by atoms with van der Waals surface area (Å²) >= 11 is 0. The van der Waals surface area contributed by atoms with E-state index in [1.54, 1.807) is 0 Å². The molecule has 2 N–H and O–H groups in total. The van der Waals surface area contributed by atoms with Crippen molar-refractivity contribution in [2.24, 2.45) is 4.99 Å². The third-order valence-electron chi connectivity index (χ3n) is 3.46. The largest absolute Gasteiger partial charge is 0.492 e. The fourth-order valence-corrected chi connectivity index (χ4v) is 2.86. The van der Waals surface area contributed by atoms with Crippen molar-refractivity contribution in [3.05, 3.63) is 29.8 Å². The van der Waals surface area contributed by atoms with E-state index in [9.17, 15) is 21.6 Å². The number of guanidine groups is 1. The van der Waals surface area contributed by atoms with E-state index in [1.165, 1.54) is 18.4 Å². The Morgan fingerprint density at radius 2 is 1.86 bits per heavy atom. The molecule has 6 nitrogen and oxygen atoms in total. The third-order valence-corrected chi connectivity index (χ3v) is 4.44. The number of nitrogens with zero attached hydrogens (tertiary/aromatic N) is 1. The first-order valence-corrected chi connectivity index (χ1v) is 10.6. The summed E-state index contributed by atoms with van der Waals surface area (Å²) in [5, 5.41) is 6.15. The number of hydrogen-bond donors (Lipinski definition) is 2. The van der Waals surface area contributed by atoms with Gasteiger partial charge in [-0.1, -0.05) is 0 Å². The Labute approximate surface area is 181 Å². The lowest BCUT2D eigenvalue weighted by Gasteiger charge is -2.17. The summed E-state index contributed by atoms with van der Waals surface area (Å²) in [6.07, 6.45) is -2.73. The molecule has 1 atom stereocenters. The fourth-order valence-electron chi connectivity index (χ4n) is 2.08. The van der Waals surface area contributed by atoms with Crippen molar-refractivity contribution in [3.63, 3.8) is 0 Å². The molecule has 0 radical (unpaired) electrons. The maximum atomic E-state index is 12.5. The average molecular weight is 537 g/mol. The van der Waals surface area contributed by atoms with Crippen LogP contribution in [0.3, 0.4) is 0 Å². The molecule has 0 bridgehead atoms. The van der Waals surface area contributed by atoms with Gasteiger partial charge in [0.1, 0.15) is 22.2 Å². The van der Waals surface area contributed by atoms with Crippen molar-refractivity contribution < 1.29 is 26.3 Å². The zero-order valence-corrected chi connectivity index (χ0v) is 19.2. The van der Waals surface area contributed by atoms with Crippen LogP contribution in [0.2, 0.25) is 0 Å². The van der Waals surface area contributed by atoms with Crippen LogP contribution in [0.25, 0.3) is 0 Å². The van der Waals surface area contributed by atoms with E-state index in [0.717, 1.165) is 12.1 Å². The number of sulfone groups is 1. The second kappa shape index (κ2) is 12.3. The quantitative estimate of drug-likeness (QED) is 0.219. The molecule has 0 aliphatic carbocycles. The van der Waals surface area contributed by atoms with Crippen LogP contribution < -0.4 is 15.4 Å². The van der Waals surface area contributed by atoms with Crippen LogP contribution in [0, 0.1) is 0 Å². The van der Waals surface area contributed by atoms with Gasteiger partial charge in [0.05, 0.1) is 17.9 Å². The van der Waals surface area contributed by atoms with Gasteiger partial charge in [0.15, 0.2) is 5.96 Å². The predicted molar refractivity (Wildman–Crippen MR) is 115 cm³/mol. The van der Waals surface area contributed by atoms with E-state index in [4.69, 9.17) is 4.74 Å². The van der Waals surface area contributed by atoms with Crippen molar-refractivity contribution in [1.82, 2.24) is 10.6 Å². The van der Waals surface area contributed by atoms with Crippen LogP contribution >= 0.6 is 24.0 Å². The number of halogens is 4. The summed E-state index contributed by atoms with van der Waals surface area (Å²) in [5.41, 5.74) is -0.727. The fraction of sp³-hybridized carbons (Fsp3) is 0.588. The van der Waals surface area contributed by atoms with E-state index < -0.39 is 21.6 Å². The van der Waals surface area contributed by atoms with Crippen LogP contribution in [0.15, 0.2) is 29.3 Å². The molecule has 0 saturated heterocycles. The van der Waals surface area contributed by atoms with Gasteiger partial charge in [-0.3, -0.25) is 0 Å². The molecule has 0 aromatic heterocycles. The lowest BCUT2D eigenvalue weighted by atomic mass is 10.2. The predicted octanol–water partition coefficient (Wildman–Crippen LogP) is 3.08. The second-order valence-electron chi connectivity index (χ2n) is 6.10. The lowest BCUT2D eigenvalue weighted by molar-refractivity contribution is -0.137. The highest BCUT2D eigenvalue weighted by atomic mass is 127. The SMILES string of the molecule is CCNC(=NCCOc1ccc(C(F)(F)F)cc1)NC(C)CCS(C)(=O)=O.I. The third kappa shape index (κ3) is 11.6. The Kier molecular flexibility index (Phi) is 11.8. The van der Waals surface area contributed by atoms with Gasteiger partial charge < -0.3 is 15.4 Å².